The summed E-state index contributed by atoms with van der Waals surface area (Å²) >= 11 is 12.2. The molecule has 1 N–H and O–H groups in total. The molecule has 0 bridgehead atoms. The van der Waals surface area contributed by atoms with Crippen molar-refractivity contribution in [1.82, 2.24) is 0 Å². The van der Waals surface area contributed by atoms with Crippen molar-refractivity contribution in [3.63, 3.8) is 0 Å². The van der Waals surface area contributed by atoms with Crippen LogP contribution in [0.15, 0.2) is 76.7 Å². The molecule has 8 heteroatoms. The Balaban J connectivity index is 1.83. The van der Waals surface area contributed by atoms with Gasteiger partial charge < -0.3 is 5.32 Å². The van der Waals surface area contributed by atoms with Crippen molar-refractivity contribution >= 4 is 52.1 Å². The molecule has 0 fully saturated rings. The summed E-state index contributed by atoms with van der Waals surface area (Å²) in [6.45, 7) is 0. The number of nitrogens with zero attached hydrogens (tertiary/aromatic N) is 3. The highest BCUT2D eigenvalue weighted by Crippen LogP contribution is 2.28. The van der Waals surface area contributed by atoms with Crippen LogP contribution in [-0.2, 0) is 0 Å². The van der Waals surface area contributed by atoms with Crippen molar-refractivity contribution < 1.29 is 4.92 Å². The fourth-order valence-electron chi connectivity index (χ4n) is 3.02. The predicted molar refractivity (Wildman–Crippen MR) is 116 cm³/mol. The maximum Gasteiger partial charge on any atom is 0.294 e. The highest BCUT2D eigenvalue weighted by molar-refractivity contribution is 6.35. The number of para-hydroxylation sites is 3. The average molecular weight is 425 g/mol. The van der Waals surface area contributed by atoms with Crippen LogP contribution in [-0.4, -0.2) is 16.8 Å². The first-order chi connectivity index (χ1) is 14.0. The van der Waals surface area contributed by atoms with Gasteiger partial charge >= 0.3 is 0 Å². The molecule has 0 aromatic heterocycles. The number of nitro groups is 1. The molecule has 0 amide bonds. The summed E-state index contributed by atoms with van der Waals surface area (Å²) in [4.78, 5) is 20.2. The van der Waals surface area contributed by atoms with Crippen molar-refractivity contribution in [1.29, 1.82) is 0 Å². The van der Waals surface area contributed by atoms with Crippen LogP contribution in [0.2, 0.25) is 10.0 Å². The number of anilines is 1. The zero-order chi connectivity index (χ0) is 20.4. The zero-order valence-corrected chi connectivity index (χ0v) is 16.4. The summed E-state index contributed by atoms with van der Waals surface area (Å²) in [7, 11) is 0. The fourth-order valence-corrected chi connectivity index (χ4v) is 3.54. The lowest BCUT2D eigenvalue weighted by molar-refractivity contribution is -0.384. The van der Waals surface area contributed by atoms with Crippen LogP contribution in [0.1, 0.15) is 0 Å². The van der Waals surface area contributed by atoms with E-state index in [2.05, 4.69) is 10.3 Å². The van der Waals surface area contributed by atoms with Crippen LogP contribution in [0.4, 0.5) is 17.1 Å². The third kappa shape index (κ3) is 4.29. The summed E-state index contributed by atoms with van der Waals surface area (Å²) in [5.41, 5.74) is 1.39. The van der Waals surface area contributed by atoms with E-state index in [1.807, 2.05) is 30.3 Å². The first kappa shape index (κ1) is 19.1. The van der Waals surface area contributed by atoms with E-state index in [1.54, 1.807) is 36.4 Å². The van der Waals surface area contributed by atoms with Gasteiger partial charge in [0, 0.05) is 27.0 Å². The molecule has 3 aromatic carbocycles. The number of aliphatic imine (C=N–C) groups is 1. The lowest BCUT2D eigenvalue weighted by Gasteiger charge is -2.19. The van der Waals surface area contributed by atoms with Crippen LogP contribution < -0.4 is 15.9 Å². The predicted octanol–water partition coefficient (Wildman–Crippen LogP) is 4.53. The molecule has 1 aliphatic heterocycles. The molecule has 0 spiro atoms. The maximum absolute atomic E-state index is 11.4. The van der Waals surface area contributed by atoms with Crippen molar-refractivity contribution in [3.8, 4) is 0 Å². The normalized spacial score (nSPS) is 16.5. The van der Waals surface area contributed by atoms with E-state index in [0.717, 1.165) is 10.6 Å². The molecule has 1 unspecified atom stereocenters. The smallest absolute Gasteiger partial charge is 0.294 e. The Morgan fingerprint density at radius 1 is 1.00 bits per heavy atom. The monoisotopic (exact) mass is 424 g/mol. The van der Waals surface area contributed by atoms with E-state index < -0.39 is 11.1 Å². The van der Waals surface area contributed by atoms with E-state index in [0.29, 0.717) is 21.4 Å². The van der Waals surface area contributed by atoms with Crippen LogP contribution in [0, 0.1) is 10.1 Å². The molecule has 4 rings (SSSR count). The number of hydrogen-bond acceptors (Lipinski definition) is 5. The number of benzene rings is 3. The van der Waals surface area contributed by atoms with Crippen LogP contribution in [0.25, 0.3) is 6.08 Å². The lowest BCUT2D eigenvalue weighted by atomic mass is 10.1. The summed E-state index contributed by atoms with van der Waals surface area (Å²) in [5.74, 6) is 0. The third-order valence-electron chi connectivity index (χ3n) is 4.28. The number of rotatable bonds is 4. The maximum atomic E-state index is 11.4. The third-order valence-corrected chi connectivity index (χ3v) is 4.72. The van der Waals surface area contributed by atoms with Crippen LogP contribution >= 0.6 is 23.2 Å². The van der Waals surface area contributed by atoms with Gasteiger partial charge in [0.1, 0.15) is 5.69 Å². The Morgan fingerprint density at radius 3 is 2.45 bits per heavy atom. The Morgan fingerprint density at radius 2 is 1.69 bits per heavy atom. The number of nitro benzene ring substituents is 1. The van der Waals surface area contributed by atoms with E-state index in [-0.39, 0.29) is 11.4 Å². The van der Waals surface area contributed by atoms with E-state index in [9.17, 15) is 10.1 Å². The van der Waals surface area contributed by atoms with E-state index >= 15 is 0 Å². The van der Waals surface area contributed by atoms with Gasteiger partial charge in [-0.1, -0.05) is 53.5 Å². The SMILES string of the molecule is O=[N+]([O-])c1ccccc1N=C1C=c2ccccc2=NC1Nc1cc(Cl)cc(Cl)c1. The second-order valence-corrected chi connectivity index (χ2v) is 7.19. The van der Waals surface area contributed by atoms with Gasteiger partial charge in [0.2, 0.25) is 0 Å². The standard InChI is InChI=1S/C21H14Cl2N4O2/c22-14-10-15(23)12-16(11-14)24-21-19(9-13-5-1-2-6-17(13)26-21)25-18-7-3-4-8-20(18)27(28)29/h1-12,21,24H. The Labute approximate surface area is 176 Å². The highest BCUT2D eigenvalue weighted by Gasteiger charge is 2.19. The van der Waals surface area contributed by atoms with Gasteiger partial charge in [-0.05, 0) is 36.4 Å². The first-order valence-corrected chi connectivity index (χ1v) is 9.44. The topological polar surface area (TPSA) is 79.9 Å². The van der Waals surface area contributed by atoms with E-state index in [1.165, 1.54) is 6.07 Å². The summed E-state index contributed by atoms with van der Waals surface area (Å²) < 4.78 is 0. The van der Waals surface area contributed by atoms with Crippen LogP contribution in [0.5, 0.6) is 0 Å². The first-order valence-electron chi connectivity index (χ1n) is 8.69. The fraction of sp³-hybridized carbons (Fsp3) is 0.0476. The number of halogens is 2. The van der Waals surface area contributed by atoms with Gasteiger partial charge in [0.25, 0.3) is 5.69 Å². The summed E-state index contributed by atoms with van der Waals surface area (Å²) in [6.07, 6.45) is 1.29. The van der Waals surface area contributed by atoms with Gasteiger partial charge in [0.15, 0.2) is 6.17 Å². The van der Waals surface area contributed by atoms with Gasteiger partial charge in [-0.3, -0.25) is 15.1 Å². The van der Waals surface area contributed by atoms with Crippen molar-refractivity contribution in [2.75, 3.05) is 5.32 Å². The molecule has 0 aliphatic carbocycles. The molecule has 3 aromatic rings. The summed E-state index contributed by atoms with van der Waals surface area (Å²) in [6, 6.07) is 19.0. The largest absolute Gasteiger partial charge is 0.359 e. The second-order valence-electron chi connectivity index (χ2n) is 6.32. The average Bonchev–Trinajstić information content (AvgIpc) is 2.68. The van der Waals surface area contributed by atoms with Crippen molar-refractivity contribution in [3.05, 3.63) is 97.5 Å². The molecule has 29 heavy (non-hydrogen) atoms. The number of fused-ring (bicyclic) bond motifs is 1. The van der Waals surface area contributed by atoms with Crippen LogP contribution in [0.3, 0.4) is 0 Å². The molecule has 1 atom stereocenters. The Kier molecular flexibility index (Phi) is 5.29. The molecule has 0 saturated carbocycles. The minimum absolute atomic E-state index is 0.0724. The number of hydrogen-bond donors (Lipinski definition) is 1. The quantitative estimate of drug-likeness (QED) is 0.493. The molecule has 6 nitrogen and oxygen atoms in total. The number of nitrogens with one attached hydrogen (secondary N) is 1. The highest BCUT2D eigenvalue weighted by atomic mass is 35.5. The van der Waals surface area contributed by atoms with Gasteiger partial charge in [-0.15, -0.1) is 0 Å². The second kappa shape index (κ2) is 8.03. The molecule has 1 heterocycles. The van der Waals surface area contributed by atoms with Gasteiger partial charge in [-0.2, -0.15) is 0 Å². The Hall–Kier alpha value is -3.22. The summed E-state index contributed by atoms with van der Waals surface area (Å²) in [5, 5.41) is 17.3. The van der Waals surface area contributed by atoms with E-state index in [4.69, 9.17) is 28.2 Å². The van der Waals surface area contributed by atoms with Crippen molar-refractivity contribution in [2.45, 2.75) is 6.17 Å². The molecule has 1 aliphatic rings. The molecule has 144 valence electrons. The zero-order valence-electron chi connectivity index (χ0n) is 14.9. The van der Waals surface area contributed by atoms with Gasteiger partial charge in [-0.25, -0.2) is 4.99 Å². The minimum Gasteiger partial charge on any atom is -0.359 e. The molecule has 0 radical (unpaired) electrons. The molecular weight excluding hydrogens is 411 g/mol. The van der Waals surface area contributed by atoms with Crippen molar-refractivity contribution in [2.24, 2.45) is 9.98 Å². The molecule has 0 saturated heterocycles. The Bertz CT molecular complexity index is 1240. The lowest BCUT2D eigenvalue weighted by Crippen LogP contribution is -2.39. The molecular formula is C21H14Cl2N4O2. The minimum atomic E-state index is -0.570. The van der Waals surface area contributed by atoms with Gasteiger partial charge in [0.05, 0.1) is 16.0 Å².